The zero-order chi connectivity index (χ0) is 13.8. The molecule has 1 atom stereocenters. The van der Waals surface area contributed by atoms with E-state index in [1.807, 2.05) is 11.4 Å². The van der Waals surface area contributed by atoms with Crippen LogP contribution in [0.1, 0.15) is 23.4 Å². The Balaban J connectivity index is 2.06. The lowest BCUT2D eigenvalue weighted by Gasteiger charge is -2.12. The van der Waals surface area contributed by atoms with Gasteiger partial charge in [0, 0.05) is 34.6 Å². The van der Waals surface area contributed by atoms with Crippen LogP contribution in [0.5, 0.6) is 0 Å². The second-order valence-electron chi connectivity index (χ2n) is 4.15. The number of rotatable bonds is 5. The molecule has 0 saturated heterocycles. The summed E-state index contributed by atoms with van der Waals surface area (Å²) in [6, 6.07) is 8.73. The van der Waals surface area contributed by atoms with Crippen LogP contribution >= 0.6 is 22.9 Å². The van der Waals surface area contributed by atoms with E-state index in [1.54, 1.807) is 17.4 Å². The van der Waals surface area contributed by atoms with Crippen molar-refractivity contribution >= 4 is 28.6 Å². The summed E-state index contributed by atoms with van der Waals surface area (Å²) in [5.41, 5.74) is 0.796. The van der Waals surface area contributed by atoms with Crippen molar-refractivity contribution in [3.05, 3.63) is 61.3 Å². The Hall–Kier alpha value is -1.43. The predicted molar refractivity (Wildman–Crippen MR) is 77.7 cm³/mol. The molecule has 1 aromatic heterocycles. The summed E-state index contributed by atoms with van der Waals surface area (Å²) >= 11 is 7.72. The van der Waals surface area contributed by atoms with Gasteiger partial charge < -0.3 is 5.32 Å². The van der Waals surface area contributed by atoms with Crippen LogP contribution in [-0.2, 0) is 6.54 Å². The van der Waals surface area contributed by atoms with Gasteiger partial charge in [0.15, 0.2) is 0 Å². The van der Waals surface area contributed by atoms with E-state index in [0.717, 1.165) is 5.56 Å². The minimum Gasteiger partial charge on any atom is -0.305 e. The van der Waals surface area contributed by atoms with Crippen molar-refractivity contribution < 1.29 is 4.92 Å². The molecule has 0 unspecified atom stereocenters. The molecule has 0 spiro atoms. The van der Waals surface area contributed by atoms with Gasteiger partial charge in [0.05, 0.1) is 4.92 Å². The molecule has 0 radical (unpaired) electrons. The highest BCUT2D eigenvalue weighted by Crippen LogP contribution is 2.24. The van der Waals surface area contributed by atoms with E-state index in [-0.39, 0.29) is 11.7 Å². The highest BCUT2D eigenvalue weighted by Gasteiger charge is 2.11. The fraction of sp³-hybridized carbons (Fsp3) is 0.231. The van der Waals surface area contributed by atoms with Gasteiger partial charge in [-0.25, -0.2) is 0 Å². The van der Waals surface area contributed by atoms with Crippen molar-refractivity contribution in [3.8, 4) is 0 Å². The standard InChI is InChI=1S/C13H13ClN2O2S/c1-9(13-3-2-6-19-13)15-8-10-7-11(16(17)18)4-5-12(10)14/h2-7,9,15H,8H2,1H3/t9-/m0/s1. The van der Waals surface area contributed by atoms with Crippen LogP contribution in [0.15, 0.2) is 35.7 Å². The first kappa shape index (κ1) is 14.0. The summed E-state index contributed by atoms with van der Waals surface area (Å²) in [7, 11) is 0. The Labute approximate surface area is 120 Å². The fourth-order valence-electron chi connectivity index (χ4n) is 1.71. The summed E-state index contributed by atoms with van der Waals surface area (Å²) in [4.78, 5) is 11.5. The maximum Gasteiger partial charge on any atom is 0.269 e. The summed E-state index contributed by atoms with van der Waals surface area (Å²) in [5.74, 6) is 0. The van der Waals surface area contributed by atoms with Gasteiger partial charge in [-0.1, -0.05) is 17.7 Å². The van der Waals surface area contributed by atoms with Crippen LogP contribution in [0.2, 0.25) is 5.02 Å². The van der Waals surface area contributed by atoms with E-state index in [1.165, 1.54) is 17.0 Å². The van der Waals surface area contributed by atoms with Gasteiger partial charge in [-0.05, 0) is 30.0 Å². The number of benzene rings is 1. The Morgan fingerprint density at radius 2 is 2.26 bits per heavy atom. The number of hydrogen-bond acceptors (Lipinski definition) is 4. The van der Waals surface area contributed by atoms with Crippen molar-refractivity contribution in [3.63, 3.8) is 0 Å². The minimum absolute atomic E-state index is 0.0602. The first-order valence-corrected chi connectivity index (χ1v) is 7.03. The monoisotopic (exact) mass is 296 g/mol. The van der Waals surface area contributed by atoms with Crippen LogP contribution in [0.4, 0.5) is 5.69 Å². The molecule has 0 aliphatic carbocycles. The fourth-order valence-corrected chi connectivity index (χ4v) is 2.65. The molecule has 4 nitrogen and oxygen atoms in total. The van der Waals surface area contributed by atoms with E-state index >= 15 is 0 Å². The van der Waals surface area contributed by atoms with Gasteiger partial charge in [0.1, 0.15) is 0 Å². The molecule has 19 heavy (non-hydrogen) atoms. The molecule has 0 fully saturated rings. The van der Waals surface area contributed by atoms with E-state index in [0.29, 0.717) is 11.6 Å². The lowest BCUT2D eigenvalue weighted by molar-refractivity contribution is -0.384. The number of halogens is 1. The topological polar surface area (TPSA) is 55.2 Å². The predicted octanol–water partition coefficient (Wildman–Crippen LogP) is 4.16. The molecule has 6 heteroatoms. The molecule has 0 amide bonds. The number of nitrogens with zero attached hydrogens (tertiary/aromatic N) is 1. The number of thiophene rings is 1. The average molecular weight is 297 g/mol. The van der Waals surface area contributed by atoms with Crippen molar-refractivity contribution in [1.82, 2.24) is 5.32 Å². The van der Waals surface area contributed by atoms with Gasteiger partial charge in [0.25, 0.3) is 5.69 Å². The van der Waals surface area contributed by atoms with Crippen LogP contribution in [0.25, 0.3) is 0 Å². The van der Waals surface area contributed by atoms with Crippen molar-refractivity contribution in [2.24, 2.45) is 0 Å². The third-order valence-corrected chi connectivity index (χ3v) is 4.23. The molecule has 0 saturated carbocycles. The van der Waals surface area contributed by atoms with Gasteiger partial charge >= 0.3 is 0 Å². The zero-order valence-corrected chi connectivity index (χ0v) is 11.9. The lowest BCUT2D eigenvalue weighted by atomic mass is 10.2. The highest BCUT2D eigenvalue weighted by atomic mass is 35.5. The molecule has 0 aliphatic rings. The Kier molecular flexibility index (Phi) is 4.52. The molecule has 0 aliphatic heterocycles. The second kappa shape index (κ2) is 6.14. The first-order valence-electron chi connectivity index (χ1n) is 5.77. The van der Waals surface area contributed by atoms with Crippen molar-refractivity contribution in [1.29, 1.82) is 0 Å². The molecule has 0 bridgehead atoms. The minimum atomic E-state index is -0.414. The van der Waals surface area contributed by atoms with E-state index in [9.17, 15) is 10.1 Å². The Morgan fingerprint density at radius 1 is 1.47 bits per heavy atom. The maximum absolute atomic E-state index is 10.7. The zero-order valence-electron chi connectivity index (χ0n) is 10.3. The largest absolute Gasteiger partial charge is 0.305 e. The first-order chi connectivity index (χ1) is 9.08. The van der Waals surface area contributed by atoms with Gasteiger partial charge in [0.2, 0.25) is 0 Å². The molecule has 1 heterocycles. The molecule has 1 aromatic carbocycles. The number of nitrogens with one attached hydrogen (secondary N) is 1. The summed E-state index contributed by atoms with van der Waals surface area (Å²) in [6.07, 6.45) is 0. The highest BCUT2D eigenvalue weighted by molar-refractivity contribution is 7.10. The quantitative estimate of drug-likeness (QED) is 0.666. The summed E-state index contributed by atoms with van der Waals surface area (Å²) in [5, 5.41) is 16.6. The third kappa shape index (κ3) is 3.53. The normalized spacial score (nSPS) is 12.3. The Morgan fingerprint density at radius 3 is 2.89 bits per heavy atom. The summed E-state index contributed by atoms with van der Waals surface area (Å²) in [6.45, 7) is 2.55. The second-order valence-corrected chi connectivity index (χ2v) is 5.54. The summed E-state index contributed by atoms with van der Waals surface area (Å²) < 4.78 is 0. The van der Waals surface area contributed by atoms with Crippen LogP contribution in [-0.4, -0.2) is 4.92 Å². The van der Waals surface area contributed by atoms with Crippen molar-refractivity contribution in [2.45, 2.75) is 19.5 Å². The third-order valence-electron chi connectivity index (χ3n) is 2.81. The van der Waals surface area contributed by atoms with E-state index in [2.05, 4.69) is 18.3 Å². The van der Waals surface area contributed by atoms with Crippen molar-refractivity contribution in [2.75, 3.05) is 0 Å². The molecular formula is C13H13ClN2O2S. The number of non-ortho nitro benzene ring substituents is 1. The van der Waals surface area contributed by atoms with Crippen LogP contribution < -0.4 is 5.32 Å². The van der Waals surface area contributed by atoms with E-state index < -0.39 is 4.92 Å². The molecule has 1 N–H and O–H groups in total. The maximum atomic E-state index is 10.7. The van der Waals surface area contributed by atoms with Gasteiger partial charge in [-0.15, -0.1) is 11.3 Å². The van der Waals surface area contributed by atoms with Crippen LogP contribution in [0, 0.1) is 10.1 Å². The van der Waals surface area contributed by atoms with Crippen LogP contribution in [0.3, 0.4) is 0 Å². The van der Waals surface area contributed by atoms with Gasteiger partial charge in [-0.3, -0.25) is 10.1 Å². The lowest BCUT2D eigenvalue weighted by Crippen LogP contribution is -2.17. The molecule has 2 aromatic rings. The van der Waals surface area contributed by atoms with E-state index in [4.69, 9.17) is 11.6 Å². The molecule has 100 valence electrons. The number of hydrogen-bond donors (Lipinski definition) is 1. The SMILES string of the molecule is C[C@H](NCc1cc([N+](=O)[O-])ccc1Cl)c1cccs1. The Bertz CT molecular complexity index is 572. The molecular weight excluding hydrogens is 284 g/mol. The van der Waals surface area contributed by atoms with Gasteiger partial charge in [-0.2, -0.15) is 0 Å². The smallest absolute Gasteiger partial charge is 0.269 e. The number of nitro groups is 1. The molecule has 2 rings (SSSR count). The number of nitro benzene ring substituents is 1. The average Bonchev–Trinajstić information content (AvgIpc) is 2.91.